The number of nitrogens with zero attached hydrogens (tertiary/aromatic N) is 2. The molecule has 4 rings (SSSR count). The van der Waals surface area contributed by atoms with Crippen molar-refractivity contribution in [3.63, 3.8) is 0 Å². The second kappa shape index (κ2) is 11.8. The Labute approximate surface area is 227 Å². The number of hydrogen-bond donors (Lipinski definition) is 0. The molecule has 3 aromatic rings. The summed E-state index contributed by atoms with van der Waals surface area (Å²) in [6.45, 7) is 12.5. The third-order valence-corrected chi connectivity index (χ3v) is 6.85. The molecular formula is C33H40N2O3. The quantitative estimate of drug-likeness (QED) is 0.311. The number of ether oxygens (including phenoxy) is 1. The summed E-state index contributed by atoms with van der Waals surface area (Å²) in [5.41, 5.74) is 4.15. The first-order chi connectivity index (χ1) is 18.1. The molecule has 38 heavy (non-hydrogen) atoms. The van der Waals surface area contributed by atoms with Crippen LogP contribution < -0.4 is 9.80 Å². The lowest BCUT2D eigenvalue weighted by atomic mass is 9.88. The van der Waals surface area contributed by atoms with Gasteiger partial charge in [0.05, 0.1) is 5.56 Å². The van der Waals surface area contributed by atoms with Crippen LogP contribution >= 0.6 is 0 Å². The number of amides is 1. The van der Waals surface area contributed by atoms with Crippen molar-refractivity contribution in [2.75, 3.05) is 29.4 Å². The van der Waals surface area contributed by atoms with Gasteiger partial charge in [-0.05, 0) is 99.5 Å². The topological polar surface area (TPSA) is 49.9 Å². The highest BCUT2D eigenvalue weighted by Gasteiger charge is 2.23. The molecule has 1 heterocycles. The van der Waals surface area contributed by atoms with Gasteiger partial charge < -0.3 is 14.5 Å². The smallest absolute Gasteiger partial charge is 0.338 e. The highest BCUT2D eigenvalue weighted by atomic mass is 16.6. The van der Waals surface area contributed by atoms with Gasteiger partial charge in [-0.3, -0.25) is 4.79 Å². The second-order valence-electron chi connectivity index (χ2n) is 11.6. The summed E-state index contributed by atoms with van der Waals surface area (Å²) in [5, 5.41) is 0. The molecule has 0 N–H and O–H groups in total. The summed E-state index contributed by atoms with van der Waals surface area (Å²) >= 11 is 0. The summed E-state index contributed by atoms with van der Waals surface area (Å²) in [6.07, 6.45) is 2.09. The van der Waals surface area contributed by atoms with Gasteiger partial charge in [0.1, 0.15) is 5.60 Å². The monoisotopic (exact) mass is 512 g/mol. The Hall–Kier alpha value is -3.60. The van der Waals surface area contributed by atoms with E-state index in [0.717, 1.165) is 42.9 Å². The second-order valence-corrected chi connectivity index (χ2v) is 11.6. The van der Waals surface area contributed by atoms with Crippen molar-refractivity contribution in [2.45, 2.75) is 59.0 Å². The van der Waals surface area contributed by atoms with E-state index in [1.54, 1.807) is 0 Å². The molecule has 1 aliphatic heterocycles. The van der Waals surface area contributed by atoms with Crippen LogP contribution in [0.4, 0.5) is 11.4 Å². The lowest BCUT2D eigenvalue weighted by Crippen LogP contribution is -2.34. The number of carbonyl (C=O) groups is 2. The van der Waals surface area contributed by atoms with Crippen LogP contribution in [0.5, 0.6) is 0 Å². The minimum atomic E-state index is -0.502. The van der Waals surface area contributed by atoms with Gasteiger partial charge in [0.15, 0.2) is 0 Å². The van der Waals surface area contributed by atoms with Crippen molar-refractivity contribution >= 4 is 23.3 Å². The van der Waals surface area contributed by atoms with Crippen LogP contribution in [0.1, 0.15) is 79.7 Å². The number of carbonyl (C=O) groups excluding carboxylic acids is 2. The zero-order valence-corrected chi connectivity index (χ0v) is 23.3. The standard InChI is InChI=1S/C33H40N2O3/c1-24(2)23-35(30-9-7-6-8-10-30)31(36)27-13-11-25(12-14-27)26-19-21-34(22-20-26)29-17-15-28(16-18-29)32(37)38-33(3,4)5/h6-18,24,26H,19-23H2,1-5H3. The van der Waals surface area contributed by atoms with Crippen molar-refractivity contribution < 1.29 is 14.3 Å². The zero-order chi connectivity index (χ0) is 27.3. The highest BCUT2D eigenvalue weighted by Crippen LogP contribution is 2.31. The van der Waals surface area contributed by atoms with Crippen molar-refractivity contribution in [3.05, 3.63) is 95.6 Å². The molecule has 1 fully saturated rings. The number of rotatable bonds is 7. The molecule has 0 aromatic heterocycles. The Morgan fingerprint density at radius 3 is 2.00 bits per heavy atom. The van der Waals surface area contributed by atoms with Gasteiger partial charge >= 0.3 is 5.97 Å². The van der Waals surface area contributed by atoms with E-state index in [0.29, 0.717) is 23.9 Å². The molecule has 0 spiro atoms. The van der Waals surface area contributed by atoms with Crippen LogP contribution in [0.25, 0.3) is 0 Å². The maximum absolute atomic E-state index is 13.4. The Morgan fingerprint density at radius 2 is 1.45 bits per heavy atom. The first-order valence-electron chi connectivity index (χ1n) is 13.7. The van der Waals surface area contributed by atoms with Crippen LogP contribution in [-0.4, -0.2) is 37.1 Å². The van der Waals surface area contributed by atoms with Gasteiger partial charge in [-0.2, -0.15) is 0 Å². The van der Waals surface area contributed by atoms with Crippen molar-refractivity contribution in [2.24, 2.45) is 5.92 Å². The first-order valence-corrected chi connectivity index (χ1v) is 13.7. The van der Waals surface area contributed by atoms with E-state index < -0.39 is 5.60 Å². The van der Waals surface area contributed by atoms with Gasteiger partial charge in [-0.1, -0.05) is 44.2 Å². The number of anilines is 2. The van der Waals surface area contributed by atoms with Crippen molar-refractivity contribution in [1.82, 2.24) is 0 Å². The van der Waals surface area contributed by atoms with Gasteiger partial charge in [-0.15, -0.1) is 0 Å². The summed E-state index contributed by atoms with van der Waals surface area (Å²) in [4.78, 5) is 30.0. The van der Waals surface area contributed by atoms with E-state index in [1.807, 2.05) is 92.4 Å². The molecule has 0 aliphatic carbocycles. The molecule has 1 saturated heterocycles. The molecule has 5 nitrogen and oxygen atoms in total. The molecule has 5 heteroatoms. The predicted octanol–water partition coefficient (Wildman–Crippen LogP) is 7.33. The third kappa shape index (κ3) is 7.03. The lowest BCUT2D eigenvalue weighted by molar-refractivity contribution is 0.00694. The molecule has 0 atom stereocenters. The van der Waals surface area contributed by atoms with Crippen LogP contribution in [0.15, 0.2) is 78.9 Å². The summed E-state index contributed by atoms with van der Waals surface area (Å²) in [5.74, 6) is 0.594. The maximum atomic E-state index is 13.4. The molecule has 0 radical (unpaired) electrons. The fraction of sp³-hybridized carbons (Fsp3) is 0.394. The zero-order valence-electron chi connectivity index (χ0n) is 23.3. The average molecular weight is 513 g/mol. The highest BCUT2D eigenvalue weighted by molar-refractivity contribution is 6.06. The van der Waals surface area contributed by atoms with E-state index in [1.165, 1.54) is 5.56 Å². The number of hydrogen-bond acceptors (Lipinski definition) is 4. The summed E-state index contributed by atoms with van der Waals surface area (Å²) in [7, 11) is 0. The van der Waals surface area contributed by atoms with E-state index in [9.17, 15) is 9.59 Å². The number of para-hydroxylation sites is 1. The van der Waals surface area contributed by atoms with Crippen LogP contribution in [-0.2, 0) is 4.74 Å². The number of esters is 1. The molecule has 3 aromatic carbocycles. The van der Waals surface area contributed by atoms with E-state index >= 15 is 0 Å². The minimum absolute atomic E-state index is 0.0427. The molecule has 1 amide bonds. The average Bonchev–Trinajstić information content (AvgIpc) is 2.91. The Morgan fingerprint density at radius 1 is 0.868 bits per heavy atom. The Kier molecular flexibility index (Phi) is 8.55. The van der Waals surface area contributed by atoms with Gasteiger partial charge in [0, 0.05) is 36.6 Å². The van der Waals surface area contributed by atoms with E-state index in [2.05, 4.69) is 30.9 Å². The molecule has 1 aliphatic rings. The number of benzene rings is 3. The van der Waals surface area contributed by atoms with Crippen LogP contribution in [0.2, 0.25) is 0 Å². The summed E-state index contributed by atoms with van der Waals surface area (Å²) in [6, 6.07) is 25.8. The molecular weight excluding hydrogens is 472 g/mol. The predicted molar refractivity (Wildman–Crippen MR) is 155 cm³/mol. The largest absolute Gasteiger partial charge is 0.456 e. The lowest BCUT2D eigenvalue weighted by Gasteiger charge is -2.34. The Balaban J connectivity index is 1.36. The van der Waals surface area contributed by atoms with Crippen molar-refractivity contribution in [1.29, 1.82) is 0 Å². The summed E-state index contributed by atoms with van der Waals surface area (Å²) < 4.78 is 5.47. The van der Waals surface area contributed by atoms with Crippen LogP contribution in [0, 0.1) is 5.92 Å². The third-order valence-electron chi connectivity index (χ3n) is 6.85. The normalized spacial score (nSPS) is 14.4. The fourth-order valence-electron chi connectivity index (χ4n) is 4.95. The minimum Gasteiger partial charge on any atom is -0.456 e. The van der Waals surface area contributed by atoms with Crippen LogP contribution in [0.3, 0.4) is 0 Å². The maximum Gasteiger partial charge on any atom is 0.338 e. The van der Waals surface area contributed by atoms with E-state index in [-0.39, 0.29) is 11.9 Å². The van der Waals surface area contributed by atoms with Gasteiger partial charge in [-0.25, -0.2) is 4.79 Å². The fourth-order valence-corrected chi connectivity index (χ4v) is 4.95. The Bertz CT molecular complexity index is 1200. The molecule has 0 bridgehead atoms. The van der Waals surface area contributed by atoms with Gasteiger partial charge in [0.2, 0.25) is 0 Å². The first kappa shape index (κ1) is 27.4. The SMILES string of the molecule is CC(C)CN(C(=O)c1ccc(C2CCN(c3ccc(C(=O)OC(C)(C)C)cc3)CC2)cc1)c1ccccc1. The molecule has 200 valence electrons. The van der Waals surface area contributed by atoms with E-state index in [4.69, 9.17) is 4.74 Å². The van der Waals surface area contributed by atoms with Gasteiger partial charge in [0.25, 0.3) is 5.91 Å². The van der Waals surface area contributed by atoms with Crippen molar-refractivity contribution in [3.8, 4) is 0 Å². The molecule has 0 unspecified atom stereocenters. The molecule has 0 saturated carbocycles. The number of piperidine rings is 1.